The summed E-state index contributed by atoms with van der Waals surface area (Å²) in [6.45, 7) is 1.35. The van der Waals surface area contributed by atoms with Gasteiger partial charge < -0.3 is 29.5 Å². The summed E-state index contributed by atoms with van der Waals surface area (Å²) in [5.41, 5.74) is 3.19. The SMILES string of the molecule is COc1cc(N(C)CCN(C)C)c([N+](=O)[O-])cc1Nc1nccc(-c2cn(C)c3cc(O)ccc23)n1. The fourth-order valence-electron chi connectivity index (χ4n) is 4.01. The molecule has 2 N–H and O–H groups in total. The Morgan fingerprint density at radius 1 is 1.17 bits per heavy atom. The number of benzene rings is 2. The molecule has 11 heteroatoms. The quantitative estimate of drug-likeness (QED) is 0.264. The van der Waals surface area contributed by atoms with E-state index in [0.29, 0.717) is 29.4 Å². The molecule has 0 radical (unpaired) electrons. The van der Waals surface area contributed by atoms with Crippen LogP contribution >= 0.6 is 0 Å². The fraction of sp³-hybridized carbons (Fsp3) is 0.280. The van der Waals surface area contributed by atoms with Gasteiger partial charge in [-0.05, 0) is 32.3 Å². The van der Waals surface area contributed by atoms with E-state index in [0.717, 1.165) is 23.0 Å². The number of nitrogens with zero attached hydrogens (tertiary/aromatic N) is 6. The van der Waals surface area contributed by atoms with Gasteiger partial charge in [-0.25, -0.2) is 9.97 Å². The highest BCUT2D eigenvalue weighted by atomic mass is 16.6. The van der Waals surface area contributed by atoms with E-state index in [1.165, 1.54) is 13.2 Å². The van der Waals surface area contributed by atoms with Crippen molar-refractivity contribution < 1.29 is 14.8 Å². The lowest BCUT2D eigenvalue weighted by Crippen LogP contribution is -2.28. The van der Waals surface area contributed by atoms with Crippen LogP contribution in [0.5, 0.6) is 11.5 Å². The molecule has 2 aromatic heterocycles. The normalized spacial score (nSPS) is 11.2. The minimum Gasteiger partial charge on any atom is -0.508 e. The van der Waals surface area contributed by atoms with Crippen molar-refractivity contribution in [1.82, 2.24) is 19.4 Å². The second-order valence-electron chi connectivity index (χ2n) is 8.77. The molecule has 0 saturated carbocycles. The van der Waals surface area contributed by atoms with Crippen LogP contribution in [0.4, 0.5) is 23.0 Å². The van der Waals surface area contributed by atoms with Crippen molar-refractivity contribution in [3.63, 3.8) is 0 Å². The zero-order valence-electron chi connectivity index (χ0n) is 20.9. The molecular weight excluding hydrogens is 462 g/mol. The highest BCUT2D eigenvalue weighted by Gasteiger charge is 2.22. The summed E-state index contributed by atoms with van der Waals surface area (Å²) in [4.78, 5) is 24.3. The van der Waals surface area contributed by atoms with Crippen LogP contribution in [0.25, 0.3) is 22.2 Å². The molecule has 0 aliphatic carbocycles. The number of aromatic nitrogens is 3. The summed E-state index contributed by atoms with van der Waals surface area (Å²) in [5.74, 6) is 0.885. The third-order valence-electron chi connectivity index (χ3n) is 5.94. The van der Waals surface area contributed by atoms with Gasteiger partial charge in [0.05, 0.1) is 28.9 Å². The third kappa shape index (κ3) is 5.01. The molecule has 0 aliphatic heterocycles. The molecule has 11 nitrogen and oxygen atoms in total. The lowest BCUT2D eigenvalue weighted by Gasteiger charge is -2.22. The van der Waals surface area contributed by atoms with Crippen LogP contribution in [0.1, 0.15) is 0 Å². The minimum absolute atomic E-state index is 0.0513. The molecule has 0 saturated heterocycles. The van der Waals surface area contributed by atoms with Crippen molar-refractivity contribution in [3.8, 4) is 22.8 Å². The number of phenolic OH excluding ortho intramolecular Hbond substituents is 1. The van der Waals surface area contributed by atoms with E-state index in [1.54, 1.807) is 30.5 Å². The van der Waals surface area contributed by atoms with Gasteiger partial charge in [0.25, 0.3) is 5.69 Å². The predicted molar refractivity (Wildman–Crippen MR) is 140 cm³/mol. The number of nitrogens with one attached hydrogen (secondary N) is 1. The molecule has 0 atom stereocenters. The number of anilines is 3. The van der Waals surface area contributed by atoms with E-state index in [2.05, 4.69) is 15.3 Å². The Labute approximate surface area is 208 Å². The Morgan fingerprint density at radius 2 is 1.94 bits per heavy atom. The topological polar surface area (TPSA) is 122 Å². The summed E-state index contributed by atoms with van der Waals surface area (Å²) in [7, 11) is 9.12. The lowest BCUT2D eigenvalue weighted by atomic mass is 10.1. The number of ether oxygens (including phenoxy) is 1. The molecule has 188 valence electrons. The minimum atomic E-state index is -0.408. The number of aromatic hydroxyl groups is 1. The Bertz CT molecular complexity index is 1420. The predicted octanol–water partition coefficient (Wildman–Crippen LogP) is 4.00. The largest absolute Gasteiger partial charge is 0.508 e. The Kier molecular flexibility index (Phi) is 6.93. The van der Waals surface area contributed by atoms with E-state index in [9.17, 15) is 15.2 Å². The van der Waals surface area contributed by atoms with Crippen LogP contribution in [0.2, 0.25) is 0 Å². The molecule has 0 aliphatic rings. The number of nitro benzene ring substituents is 1. The Balaban J connectivity index is 1.70. The number of hydrogen-bond donors (Lipinski definition) is 2. The van der Waals surface area contributed by atoms with Gasteiger partial charge in [0.15, 0.2) is 0 Å². The average molecular weight is 492 g/mol. The average Bonchev–Trinajstić information content (AvgIpc) is 3.18. The summed E-state index contributed by atoms with van der Waals surface area (Å²) in [6.07, 6.45) is 3.55. The van der Waals surface area contributed by atoms with E-state index >= 15 is 0 Å². The summed E-state index contributed by atoms with van der Waals surface area (Å²) < 4.78 is 7.47. The first-order chi connectivity index (χ1) is 17.2. The number of nitro groups is 1. The summed E-state index contributed by atoms with van der Waals surface area (Å²) in [5, 5.41) is 25.8. The van der Waals surface area contributed by atoms with Crippen molar-refractivity contribution in [1.29, 1.82) is 0 Å². The Morgan fingerprint density at radius 3 is 2.64 bits per heavy atom. The summed E-state index contributed by atoms with van der Waals surface area (Å²) >= 11 is 0. The van der Waals surface area contributed by atoms with Crippen LogP contribution in [0.15, 0.2) is 48.8 Å². The number of hydrogen-bond acceptors (Lipinski definition) is 9. The number of rotatable bonds is 9. The molecule has 4 rings (SSSR count). The van der Waals surface area contributed by atoms with Gasteiger partial charge in [-0.3, -0.25) is 10.1 Å². The molecule has 2 aromatic carbocycles. The van der Waals surface area contributed by atoms with Crippen LogP contribution in [0.3, 0.4) is 0 Å². The van der Waals surface area contributed by atoms with Crippen LogP contribution in [-0.4, -0.2) is 70.8 Å². The number of likely N-dealkylation sites (N-methyl/N-ethyl adjacent to an activating group) is 2. The number of aryl methyl sites for hydroxylation is 1. The zero-order chi connectivity index (χ0) is 26.0. The fourth-order valence-corrected chi connectivity index (χ4v) is 4.01. The standard InChI is InChI=1S/C25H29N7O4/c1-29(2)10-11-30(3)22-14-24(36-5)20(13-23(22)32(34)35)28-25-26-9-8-19(27-25)18-15-31(4)21-12-16(33)6-7-17(18)21/h6-9,12-15,33H,10-11H2,1-5H3,(H,26,27,28). The van der Waals surface area contributed by atoms with Gasteiger partial charge in [0, 0.05) is 68.7 Å². The monoisotopic (exact) mass is 491 g/mol. The molecular formula is C25H29N7O4. The van der Waals surface area contributed by atoms with Gasteiger partial charge in [0.2, 0.25) is 5.95 Å². The molecule has 0 unspecified atom stereocenters. The highest BCUT2D eigenvalue weighted by molar-refractivity contribution is 5.96. The van der Waals surface area contributed by atoms with Crippen LogP contribution in [-0.2, 0) is 7.05 Å². The number of phenols is 1. The Hall–Kier alpha value is -4.38. The molecule has 0 amide bonds. The number of fused-ring (bicyclic) bond motifs is 1. The van der Waals surface area contributed by atoms with E-state index in [-0.39, 0.29) is 17.4 Å². The van der Waals surface area contributed by atoms with Crippen molar-refractivity contribution in [3.05, 3.63) is 58.9 Å². The van der Waals surface area contributed by atoms with Crippen LogP contribution < -0.4 is 15.0 Å². The first-order valence-corrected chi connectivity index (χ1v) is 11.3. The number of methoxy groups -OCH3 is 1. The smallest absolute Gasteiger partial charge is 0.294 e. The molecule has 0 bridgehead atoms. The molecule has 0 fully saturated rings. The molecule has 36 heavy (non-hydrogen) atoms. The molecule has 4 aromatic rings. The van der Waals surface area contributed by atoms with Gasteiger partial charge in [0.1, 0.15) is 17.2 Å². The van der Waals surface area contributed by atoms with Gasteiger partial charge in [-0.2, -0.15) is 0 Å². The molecule has 0 spiro atoms. The maximum atomic E-state index is 11.9. The van der Waals surface area contributed by atoms with E-state index in [1.807, 2.05) is 54.8 Å². The second kappa shape index (κ2) is 10.1. The molecule has 2 heterocycles. The van der Waals surface area contributed by atoms with E-state index < -0.39 is 4.92 Å². The third-order valence-corrected chi connectivity index (χ3v) is 5.94. The maximum absolute atomic E-state index is 11.9. The van der Waals surface area contributed by atoms with Crippen molar-refractivity contribution in [2.75, 3.05) is 51.6 Å². The van der Waals surface area contributed by atoms with E-state index in [4.69, 9.17) is 4.74 Å². The van der Waals surface area contributed by atoms with Gasteiger partial charge in [-0.1, -0.05) is 0 Å². The van der Waals surface area contributed by atoms with Gasteiger partial charge in [-0.15, -0.1) is 0 Å². The van der Waals surface area contributed by atoms with Crippen LogP contribution in [0, 0.1) is 10.1 Å². The lowest BCUT2D eigenvalue weighted by molar-refractivity contribution is -0.384. The first kappa shape index (κ1) is 24.7. The highest BCUT2D eigenvalue weighted by Crippen LogP contribution is 2.39. The second-order valence-corrected chi connectivity index (χ2v) is 8.77. The van der Waals surface area contributed by atoms with Gasteiger partial charge >= 0.3 is 0 Å². The zero-order valence-corrected chi connectivity index (χ0v) is 20.9. The maximum Gasteiger partial charge on any atom is 0.294 e. The van der Waals surface area contributed by atoms with Crippen molar-refractivity contribution >= 4 is 33.9 Å². The summed E-state index contributed by atoms with van der Waals surface area (Å²) in [6, 6.07) is 10.0. The van der Waals surface area contributed by atoms with Crippen molar-refractivity contribution in [2.24, 2.45) is 7.05 Å². The van der Waals surface area contributed by atoms with Crippen molar-refractivity contribution in [2.45, 2.75) is 0 Å². The first-order valence-electron chi connectivity index (χ1n) is 11.3.